The number of nitrogens with zero attached hydrogens (tertiary/aromatic N) is 1. The Hall–Kier alpha value is -2.39. The van der Waals surface area contributed by atoms with Gasteiger partial charge >= 0.3 is 0 Å². The van der Waals surface area contributed by atoms with E-state index < -0.39 is 0 Å². The minimum Gasteiger partial charge on any atom is -0.464 e. The summed E-state index contributed by atoms with van der Waals surface area (Å²) in [5.74, 6) is -0.208. The second-order valence-electron chi connectivity index (χ2n) is 5.41. The van der Waals surface area contributed by atoms with Gasteiger partial charge in [-0.3, -0.25) is 4.90 Å². The first-order valence-corrected chi connectivity index (χ1v) is 7.28. The largest absolute Gasteiger partial charge is 0.464 e. The quantitative estimate of drug-likeness (QED) is 0.677. The van der Waals surface area contributed by atoms with Crippen LogP contribution in [-0.4, -0.2) is 18.5 Å². The maximum atomic E-state index is 13.1. The molecule has 0 saturated carbocycles. The molecule has 0 N–H and O–H groups in total. The van der Waals surface area contributed by atoms with Crippen molar-refractivity contribution < 1.29 is 8.81 Å². The predicted molar refractivity (Wildman–Crippen MR) is 88.0 cm³/mol. The summed E-state index contributed by atoms with van der Waals surface area (Å²) in [4.78, 5) is 2.19. The fourth-order valence-electron chi connectivity index (χ4n) is 2.51. The Morgan fingerprint density at radius 3 is 2.86 bits per heavy atom. The molecule has 0 atom stereocenters. The third-order valence-electron chi connectivity index (χ3n) is 3.58. The Labute approximate surface area is 129 Å². The van der Waals surface area contributed by atoms with E-state index in [0.29, 0.717) is 0 Å². The van der Waals surface area contributed by atoms with E-state index in [9.17, 15) is 4.39 Å². The summed E-state index contributed by atoms with van der Waals surface area (Å²) in [5, 5.41) is 1.13. The topological polar surface area (TPSA) is 16.4 Å². The maximum absolute atomic E-state index is 13.1. The van der Waals surface area contributed by atoms with Crippen molar-refractivity contribution in [3.63, 3.8) is 0 Å². The third-order valence-corrected chi connectivity index (χ3v) is 3.58. The molecule has 112 valence electrons. The number of furan rings is 1. The van der Waals surface area contributed by atoms with Crippen LogP contribution in [0.25, 0.3) is 17.0 Å². The van der Waals surface area contributed by atoms with Crippen LogP contribution in [0.2, 0.25) is 0 Å². The zero-order valence-electron chi connectivity index (χ0n) is 12.5. The summed E-state index contributed by atoms with van der Waals surface area (Å²) in [5.41, 5.74) is 2.99. The molecule has 0 fully saturated rings. The van der Waals surface area contributed by atoms with Gasteiger partial charge in [0.05, 0.1) is 6.26 Å². The van der Waals surface area contributed by atoms with Crippen molar-refractivity contribution in [1.82, 2.24) is 4.90 Å². The second kappa shape index (κ2) is 6.58. The van der Waals surface area contributed by atoms with Gasteiger partial charge in [0.1, 0.15) is 11.4 Å². The summed E-state index contributed by atoms with van der Waals surface area (Å²) in [6.45, 7) is 1.59. The molecule has 3 aromatic rings. The Morgan fingerprint density at radius 2 is 2.00 bits per heavy atom. The second-order valence-corrected chi connectivity index (χ2v) is 5.41. The molecule has 0 saturated heterocycles. The summed E-state index contributed by atoms with van der Waals surface area (Å²) < 4.78 is 18.7. The van der Waals surface area contributed by atoms with Gasteiger partial charge in [0.25, 0.3) is 0 Å². The van der Waals surface area contributed by atoms with Gasteiger partial charge in [0.15, 0.2) is 0 Å². The molecule has 0 spiro atoms. The number of likely N-dealkylation sites (N-methyl/N-ethyl adjacent to an activating group) is 1. The monoisotopic (exact) mass is 295 g/mol. The molecule has 2 nitrogen and oxygen atoms in total. The molecule has 0 unspecified atom stereocenters. The lowest BCUT2D eigenvalue weighted by Crippen LogP contribution is -2.17. The van der Waals surface area contributed by atoms with Gasteiger partial charge in [-0.05, 0) is 30.8 Å². The molecular weight excluding hydrogens is 277 g/mol. The molecule has 0 amide bonds. The molecule has 3 rings (SSSR count). The van der Waals surface area contributed by atoms with E-state index in [1.165, 1.54) is 17.7 Å². The number of hydrogen-bond donors (Lipinski definition) is 0. The Kier molecular flexibility index (Phi) is 4.35. The zero-order valence-corrected chi connectivity index (χ0v) is 12.5. The highest BCUT2D eigenvalue weighted by Gasteiger charge is 2.05. The zero-order chi connectivity index (χ0) is 15.4. The van der Waals surface area contributed by atoms with Gasteiger partial charge in [-0.25, -0.2) is 4.39 Å². The average Bonchev–Trinajstić information content (AvgIpc) is 2.97. The van der Waals surface area contributed by atoms with E-state index in [1.54, 1.807) is 12.3 Å². The highest BCUT2D eigenvalue weighted by molar-refractivity contribution is 5.80. The fraction of sp³-hybridized carbons (Fsp3) is 0.158. The molecule has 1 aromatic heterocycles. The molecule has 0 aliphatic heterocycles. The van der Waals surface area contributed by atoms with Crippen LogP contribution in [0, 0.1) is 5.82 Å². The minimum absolute atomic E-state index is 0.208. The molecular formula is C19H18FNO. The number of hydrogen-bond acceptors (Lipinski definition) is 2. The maximum Gasteiger partial charge on any atom is 0.138 e. The number of halogens is 1. The van der Waals surface area contributed by atoms with Crippen LogP contribution >= 0.6 is 0 Å². The van der Waals surface area contributed by atoms with E-state index >= 15 is 0 Å². The Morgan fingerprint density at radius 1 is 1.14 bits per heavy atom. The van der Waals surface area contributed by atoms with Crippen molar-refractivity contribution in [3.05, 3.63) is 77.8 Å². The van der Waals surface area contributed by atoms with Gasteiger partial charge in [0, 0.05) is 24.0 Å². The first-order valence-electron chi connectivity index (χ1n) is 7.28. The van der Waals surface area contributed by atoms with E-state index in [1.807, 2.05) is 36.4 Å². The Balaban J connectivity index is 1.63. The van der Waals surface area contributed by atoms with Crippen LogP contribution in [0.1, 0.15) is 11.1 Å². The first-order chi connectivity index (χ1) is 10.7. The van der Waals surface area contributed by atoms with Gasteiger partial charge in [-0.15, -0.1) is 0 Å². The molecule has 0 aliphatic rings. The molecule has 0 bridgehead atoms. The third kappa shape index (κ3) is 3.43. The molecule has 0 aliphatic carbocycles. The summed E-state index contributed by atoms with van der Waals surface area (Å²) in [6.07, 6.45) is 5.70. The van der Waals surface area contributed by atoms with E-state index in [2.05, 4.69) is 18.0 Å². The van der Waals surface area contributed by atoms with Gasteiger partial charge in [0.2, 0.25) is 0 Å². The van der Waals surface area contributed by atoms with Crippen LogP contribution in [0.5, 0.6) is 0 Å². The highest BCUT2D eigenvalue weighted by Crippen LogP contribution is 2.20. The lowest BCUT2D eigenvalue weighted by Gasteiger charge is -2.14. The number of benzene rings is 2. The molecule has 1 heterocycles. The predicted octanol–water partition coefficient (Wildman–Crippen LogP) is 4.72. The molecule has 22 heavy (non-hydrogen) atoms. The summed E-state index contributed by atoms with van der Waals surface area (Å²) in [6, 6.07) is 14.7. The van der Waals surface area contributed by atoms with Crippen molar-refractivity contribution in [2.45, 2.75) is 6.54 Å². The highest BCUT2D eigenvalue weighted by atomic mass is 19.1. The van der Waals surface area contributed by atoms with Crippen molar-refractivity contribution in [1.29, 1.82) is 0 Å². The van der Waals surface area contributed by atoms with Crippen molar-refractivity contribution in [2.75, 3.05) is 13.6 Å². The van der Waals surface area contributed by atoms with Crippen molar-refractivity contribution in [2.24, 2.45) is 0 Å². The summed E-state index contributed by atoms with van der Waals surface area (Å²) in [7, 11) is 2.05. The lowest BCUT2D eigenvalue weighted by atomic mass is 10.1. The van der Waals surface area contributed by atoms with Crippen LogP contribution in [0.15, 0.2) is 65.3 Å². The van der Waals surface area contributed by atoms with Crippen LogP contribution < -0.4 is 0 Å². The van der Waals surface area contributed by atoms with Gasteiger partial charge < -0.3 is 4.42 Å². The number of fused-ring (bicyclic) bond motifs is 1. The molecule has 3 heteroatoms. The normalized spacial score (nSPS) is 11.8. The van der Waals surface area contributed by atoms with Gasteiger partial charge in [-0.1, -0.05) is 42.5 Å². The lowest BCUT2D eigenvalue weighted by molar-refractivity contribution is 0.363. The van der Waals surface area contributed by atoms with E-state index in [4.69, 9.17) is 4.42 Å². The van der Waals surface area contributed by atoms with Crippen LogP contribution in [0.4, 0.5) is 4.39 Å². The smallest absolute Gasteiger partial charge is 0.138 e. The van der Waals surface area contributed by atoms with Crippen molar-refractivity contribution >= 4 is 17.0 Å². The first kappa shape index (κ1) is 14.5. The van der Waals surface area contributed by atoms with Crippen LogP contribution in [0.3, 0.4) is 0 Å². The Bertz CT molecular complexity index is 791. The minimum atomic E-state index is -0.208. The fourth-order valence-corrected chi connectivity index (χ4v) is 2.51. The molecule has 0 radical (unpaired) electrons. The van der Waals surface area contributed by atoms with Crippen LogP contribution in [-0.2, 0) is 6.54 Å². The van der Waals surface area contributed by atoms with Crippen molar-refractivity contribution in [3.8, 4) is 0 Å². The number of rotatable bonds is 5. The standard InChI is InChI=1S/C19H18FNO/c1-21(11-4-6-15-5-2-9-18(20)13-15)14-17-8-3-7-16-10-12-22-19(16)17/h2-10,12-13H,11,14H2,1H3/b6-4+. The van der Waals surface area contributed by atoms with E-state index in [-0.39, 0.29) is 5.82 Å². The summed E-state index contributed by atoms with van der Waals surface area (Å²) >= 11 is 0. The molecule has 2 aromatic carbocycles. The van der Waals surface area contributed by atoms with E-state index in [0.717, 1.165) is 29.6 Å². The SMILES string of the molecule is CN(C/C=C/c1cccc(F)c1)Cc1cccc2ccoc12. The van der Waals surface area contributed by atoms with Gasteiger partial charge in [-0.2, -0.15) is 0 Å². The number of para-hydroxylation sites is 1. The average molecular weight is 295 g/mol.